The van der Waals surface area contributed by atoms with E-state index in [2.05, 4.69) is 15.0 Å². The predicted molar refractivity (Wildman–Crippen MR) is 110 cm³/mol. The van der Waals surface area contributed by atoms with Crippen molar-refractivity contribution in [1.82, 2.24) is 15.0 Å². The van der Waals surface area contributed by atoms with Gasteiger partial charge < -0.3 is 5.32 Å². The van der Waals surface area contributed by atoms with Crippen LogP contribution in [0, 0.1) is 0 Å². The second-order valence-electron chi connectivity index (χ2n) is 6.72. The highest BCUT2D eigenvalue weighted by Gasteiger charge is 2.17. The van der Waals surface area contributed by atoms with Crippen LogP contribution in [0.2, 0.25) is 0 Å². The van der Waals surface area contributed by atoms with E-state index in [1.807, 2.05) is 19.1 Å². The molecule has 3 rings (SSSR count). The van der Waals surface area contributed by atoms with Gasteiger partial charge in [0.1, 0.15) is 6.29 Å². The first-order valence-electron chi connectivity index (χ1n) is 9.09. The van der Waals surface area contributed by atoms with E-state index in [-0.39, 0.29) is 10.9 Å². The number of aldehydes is 1. The first-order valence-corrected chi connectivity index (χ1v) is 10.6. The average Bonchev–Trinajstić information content (AvgIpc) is 2.71. The molecule has 0 aliphatic carbocycles. The smallest absolute Gasteiger partial charge is 0.240 e. The number of sulfonamides is 1. The summed E-state index contributed by atoms with van der Waals surface area (Å²) in [5, 5.41) is 5.00. The molecule has 3 aromatic rings. The number of aromatic nitrogens is 1. The van der Waals surface area contributed by atoms with Gasteiger partial charge in [0.05, 0.1) is 4.90 Å². The van der Waals surface area contributed by atoms with Crippen LogP contribution in [0.4, 0.5) is 0 Å². The zero-order chi connectivity index (χ0) is 20.0. The third kappa shape index (κ3) is 5.22. The predicted octanol–water partition coefficient (Wildman–Crippen LogP) is 2.55. The Bertz CT molecular complexity index is 1050. The van der Waals surface area contributed by atoms with Crippen LogP contribution in [0.1, 0.15) is 22.8 Å². The van der Waals surface area contributed by atoms with Crippen LogP contribution >= 0.6 is 0 Å². The molecule has 0 radical (unpaired) electrons. The molecule has 2 N–H and O–H groups in total. The number of carbonyl (C=O) groups excluding carboxylic acids is 1. The lowest BCUT2D eigenvalue weighted by molar-refractivity contribution is 0.112. The van der Waals surface area contributed by atoms with Crippen LogP contribution in [-0.4, -0.2) is 38.8 Å². The average molecular weight is 398 g/mol. The third-order valence-electron chi connectivity index (χ3n) is 4.44. The summed E-state index contributed by atoms with van der Waals surface area (Å²) in [5.41, 5.74) is 1.78. The summed E-state index contributed by atoms with van der Waals surface area (Å²) in [6.45, 7) is 3.06. The standard InChI is InChI=1S/C21H23N3O3S/c1-16(13-22-10-8-17-2-4-18(15-25)5-3-17)24-28(26,27)21-7-6-20-14-23-11-9-19(20)12-21/h2-7,9,11-12,14-16,22,24H,8,10,13H2,1H3/t16-/m1/s1. The van der Waals surface area contributed by atoms with Crippen LogP contribution in [0.3, 0.4) is 0 Å². The molecule has 2 aromatic carbocycles. The number of hydrogen-bond acceptors (Lipinski definition) is 5. The molecule has 28 heavy (non-hydrogen) atoms. The zero-order valence-corrected chi connectivity index (χ0v) is 16.4. The lowest BCUT2D eigenvalue weighted by Crippen LogP contribution is -2.40. The highest BCUT2D eigenvalue weighted by molar-refractivity contribution is 7.89. The molecular formula is C21H23N3O3S. The summed E-state index contributed by atoms with van der Waals surface area (Å²) >= 11 is 0. The van der Waals surface area contributed by atoms with Crippen LogP contribution in [0.25, 0.3) is 10.8 Å². The van der Waals surface area contributed by atoms with E-state index < -0.39 is 10.0 Å². The van der Waals surface area contributed by atoms with Crippen molar-refractivity contribution in [2.24, 2.45) is 0 Å². The van der Waals surface area contributed by atoms with Gasteiger partial charge in [-0.1, -0.05) is 30.3 Å². The van der Waals surface area contributed by atoms with Crippen molar-refractivity contribution in [2.75, 3.05) is 13.1 Å². The zero-order valence-electron chi connectivity index (χ0n) is 15.6. The minimum absolute atomic E-state index is 0.244. The second kappa shape index (κ2) is 9.05. The molecule has 0 aliphatic rings. The SMILES string of the molecule is C[C@H](CNCCc1ccc(C=O)cc1)NS(=O)(=O)c1ccc2cnccc2c1. The summed E-state index contributed by atoms with van der Waals surface area (Å²) in [5.74, 6) is 0. The molecule has 0 amide bonds. The van der Waals surface area contributed by atoms with Crippen LogP contribution in [-0.2, 0) is 16.4 Å². The van der Waals surface area contributed by atoms with E-state index >= 15 is 0 Å². The maximum absolute atomic E-state index is 12.6. The van der Waals surface area contributed by atoms with Crippen molar-refractivity contribution in [1.29, 1.82) is 0 Å². The van der Waals surface area contributed by atoms with Crippen molar-refractivity contribution in [3.8, 4) is 0 Å². The molecule has 0 aliphatic heterocycles. The van der Waals surface area contributed by atoms with Crippen molar-refractivity contribution < 1.29 is 13.2 Å². The first kappa shape index (κ1) is 20.1. The lowest BCUT2D eigenvalue weighted by atomic mass is 10.1. The van der Waals surface area contributed by atoms with Crippen LogP contribution in [0.15, 0.2) is 65.8 Å². The Morgan fingerprint density at radius 1 is 1.07 bits per heavy atom. The summed E-state index contributed by atoms with van der Waals surface area (Å²) in [7, 11) is -3.59. The van der Waals surface area contributed by atoms with Crippen LogP contribution < -0.4 is 10.0 Å². The lowest BCUT2D eigenvalue weighted by Gasteiger charge is -2.15. The topological polar surface area (TPSA) is 88.2 Å². The molecule has 0 bridgehead atoms. The maximum Gasteiger partial charge on any atom is 0.240 e. The highest BCUT2D eigenvalue weighted by Crippen LogP contribution is 2.18. The van der Waals surface area contributed by atoms with Gasteiger partial charge in [0.15, 0.2) is 0 Å². The fraction of sp³-hybridized carbons (Fsp3) is 0.238. The Morgan fingerprint density at radius 3 is 2.61 bits per heavy atom. The van der Waals surface area contributed by atoms with E-state index in [0.29, 0.717) is 12.1 Å². The molecule has 1 atom stereocenters. The summed E-state index contributed by atoms with van der Waals surface area (Å²) < 4.78 is 27.9. The number of nitrogens with zero attached hydrogens (tertiary/aromatic N) is 1. The van der Waals surface area contributed by atoms with E-state index in [4.69, 9.17) is 0 Å². The second-order valence-corrected chi connectivity index (χ2v) is 8.43. The van der Waals surface area contributed by atoms with Gasteiger partial charge in [0.25, 0.3) is 0 Å². The largest absolute Gasteiger partial charge is 0.315 e. The van der Waals surface area contributed by atoms with E-state index in [1.165, 1.54) is 0 Å². The van der Waals surface area contributed by atoms with Gasteiger partial charge in [-0.3, -0.25) is 9.78 Å². The van der Waals surface area contributed by atoms with Crippen molar-refractivity contribution in [2.45, 2.75) is 24.3 Å². The fourth-order valence-electron chi connectivity index (χ4n) is 2.92. The van der Waals surface area contributed by atoms with Crippen molar-refractivity contribution in [3.63, 3.8) is 0 Å². The Hall–Kier alpha value is -2.61. The number of pyridine rings is 1. The molecule has 0 spiro atoms. The van der Waals surface area contributed by atoms with Crippen LogP contribution in [0.5, 0.6) is 0 Å². The summed E-state index contributed by atoms with van der Waals surface area (Å²) in [6.07, 6.45) is 4.98. The number of carbonyl (C=O) groups is 1. The minimum Gasteiger partial charge on any atom is -0.315 e. The van der Waals surface area contributed by atoms with Gasteiger partial charge in [0.2, 0.25) is 10.0 Å². The van der Waals surface area contributed by atoms with Gasteiger partial charge in [-0.2, -0.15) is 0 Å². The Morgan fingerprint density at radius 2 is 1.86 bits per heavy atom. The quantitative estimate of drug-likeness (QED) is 0.428. The van der Waals surface area contributed by atoms with Crippen molar-refractivity contribution in [3.05, 3.63) is 72.1 Å². The molecule has 6 nitrogen and oxygen atoms in total. The number of fused-ring (bicyclic) bond motifs is 1. The van der Waals surface area contributed by atoms with E-state index in [9.17, 15) is 13.2 Å². The first-order chi connectivity index (χ1) is 13.5. The molecule has 0 saturated carbocycles. The summed E-state index contributed by atoms with van der Waals surface area (Å²) in [6, 6.07) is 14.0. The normalized spacial score (nSPS) is 12.8. The Balaban J connectivity index is 1.51. The number of nitrogens with one attached hydrogen (secondary N) is 2. The molecule has 1 heterocycles. The molecule has 0 fully saturated rings. The van der Waals surface area contributed by atoms with E-state index in [0.717, 1.165) is 35.6 Å². The number of hydrogen-bond donors (Lipinski definition) is 2. The van der Waals surface area contributed by atoms with Crippen molar-refractivity contribution >= 4 is 27.1 Å². The van der Waals surface area contributed by atoms with E-state index in [1.54, 1.807) is 48.8 Å². The molecule has 7 heteroatoms. The molecule has 146 valence electrons. The Kier molecular flexibility index (Phi) is 6.51. The maximum atomic E-state index is 12.6. The molecular weight excluding hydrogens is 374 g/mol. The summed E-state index contributed by atoms with van der Waals surface area (Å²) in [4.78, 5) is 14.9. The third-order valence-corrected chi connectivity index (χ3v) is 6.02. The molecule has 0 unspecified atom stereocenters. The van der Waals surface area contributed by atoms with Gasteiger partial charge in [-0.15, -0.1) is 0 Å². The minimum atomic E-state index is -3.59. The van der Waals surface area contributed by atoms with Gasteiger partial charge in [-0.05, 0) is 49.0 Å². The van der Waals surface area contributed by atoms with Gasteiger partial charge in [-0.25, -0.2) is 13.1 Å². The number of rotatable bonds is 9. The molecule has 0 saturated heterocycles. The van der Waals surface area contributed by atoms with Gasteiger partial charge in [0, 0.05) is 35.9 Å². The highest BCUT2D eigenvalue weighted by atomic mass is 32.2. The molecule has 1 aromatic heterocycles. The Labute approximate surface area is 165 Å². The fourth-order valence-corrected chi connectivity index (χ4v) is 4.20. The number of benzene rings is 2. The van der Waals surface area contributed by atoms with Gasteiger partial charge >= 0.3 is 0 Å². The monoisotopic (exact) mass is 397 g/mol.